The molecule has 1 aliphatic carbocycles. The number of hydrogen-bond donors (Lipinski definition) is 1. The predicted molar refractivity (Wildman–Crippen MR) is 84.3 cm³/mol. The molecule has 2 rings (SSSR count). The smallest absolute Gasteiger partial charge is 0.214 e. The minimum Gasteiger partial charge on any atom is -0.328 e. The van der Waals surface area contributed by atoms with E-state index in [1.165, 1.54) is 0 Å². The van der Waals surface area contributed by atoms with Gasteiger partial charge in [0.05, 0.1) is 5.75 Å². The SMILES string of the molecule is CCN(C1CCC(N)CC1)S(=O)(=O)CCc1ccncc1. The van der Waals surface area contributed by atoms with Crippen molar-refractivity contribution in [1.82, 2.24) is 9.29 Å². The van der Waals surface area contributed by atoms with Gasteiger partial charge >= 0.3 is 0 Å². The van der Waals surface area contributed by atoms with E-state index in [0.29, 0.717) is 13.0 Å². The molecule has 0 aliphatic heterocycles. The van der Waals surface area contributed by atoms with E-state index < -0.39 is 10.0 Å². The van der Waals surface area contributed by atoms with E-state index in [1.54, 1.807) is 16.7 Å². The zero-order valence-electron chi connectivity index (χ0n) is 12.6. The van der Waals surface area contributed by atoms with Crippen LogP contribution in [0.3, 0.4) is 0 Å². The minimum absolute atomic E-state index is 0.122. The summed E-state index contributed by atoms with van der Waals surface area (Å²) in [4.78, 5) is 3.95. The van der Waals surface area contributed by atoms with Crippen LogP contribution in [-0.2, 0) is 16.4 Å². The average molecular weight is 311 g/mol. The van der Waals surface area contributed by atoms with Crippen LogP contribution < -0.4 is 5.73 Å². The zero-order valence-corrected chi connectivity index (χ0v) is 13.4. The molecular weight excluding hydrogens is 286 g/mol. The molecule has 0 atom stereocenters. The van der Waals surface area contributed by atoms with Crippen LogP contribution in [0, 0.1) is 0 Å². The Morgan fingerprint density at radius 3 is 2.43 bits per heavy atom. The highest BCUT2D eigenvalue weighted by Crippen LogP contribution is 2.24. The van der Waals surface area contributed by atoms with E-state index in [0.717, 1.165) is 31.2 Å². The molecule has 5 nitrogen and oxygen atoms in total. The van der Waals surface area contributed by atoms with E-state index in [1.807, 2.05) is 19.1 Å². The molecule has 0 bridgehead atoms. The maximum Gasteiger partial charge on any atom is 0.214 e. The second kappa shape index (κ2) is 7.33. The number of nitrogens with two attached hydrogens (primary N) is 1. The highest BCUT2D eigenvalue weighted by molar-refractivity contribution is 7.89. The number of aryl methyl sites for hydroxylation is 1. The molecule has 1 heterocycles. The molecule has 118 valence electrons. The molecule has 1 fully saturated rings. The molecule has 1 aromatic heterocycles. The van der Waals surface area contributed by atoms with Crippen molar-refractivity contribution < 1.29 is 8.42 Å². The fourth-order valence-corrected chi connectivity index (χ4v) is 4.77. The van der Waals surface area contributed by atoms with E-state index in [4.69, 9.17) is 5.73 Å². The maximum atomic E-state index is 12.6. The third-order valence-electron chi connectivity index (χ3n) is 4.22. The molecular formula is C15H25N3O2S. The lowest BCUT2D eigenvalue weighted by atomic mass is 9.92. The molecule has 0 unspecified atom stereocenters. The first-order chi connectivity index (χ1) is 10.0. The van der Waals surface area contributed by atoms with Gasteiger partial charge in [-0.25, -0.2) is 8.42 Å². The number of aromatic nitrogens is 1. The Hall–Kier alpha value is -0.980. The molecule has 0 aromatic carbocycles. The third-order valence-corrected chi connectivity index (χ3v) is 6.21. The topological polar surface area (TPSA) is 76.3 Å². The summed E-state index contributed by atoms with van der Waals surface area (Å²) in [6, 6.07) is 4.09. The highest BCUT2D eigenvalue weighted by Gasteiger charge is 2.30. The summed E-state index contributed by atoms with van der Waals surface area (Å²) >= 11 is 0. The van der Waals surface area contributed by atoms with Crippen molar-refractivity contribution in [3.8, 4) is 0 Å². The van der Waals surface area contributed by atoms with Gasteiger partial charge in [-0.15, -0.1) is 0 Å². The van der Waals surface area contributed by atoms with Crippen molar-refractivity contribution >= 4 is 10.0 Å². The number of rotatable bonds is 6. The monoisotopic (exact) mass is 311 g/mol. The van der Waals surface area contributed by atoms with Crippen molar-refractivity contribution in [2.75, 3.05) is 12.3 Å². The van der Waals surface area contributed by atoms with Crippen LogP contribution in [-0.4, -0.2) is 42.1 Å². The maximum absolute atomic E-state index is 12.6. The first kappa shape index (κ1) is 16.4. The molecule has 0 saturated heterocycles. The van der Waals surface area contributed by atoms with Crippen LogP contribution in [0.4, 0.5) is 0 Å². The van der Waals surface area contributed by atoms with Gasteiger partial charge in [-0.1, -0.05) is 6.92 Å². The van der Waals surface area contributed by atoms with E-state index >= 15 is 0 Å². The largest absolute Gasteiger partial charge is 0.328 e. The Labute approximate surface area is 127 Å². The zero-order chi connectivity index (χ0) is 15.3. The number of pyridine rings is 1. The fourth-order valence-electron chi connectivity index (χ4n) is 2.99. The quantitative estimate of drug-likeness (QED) is 0.864. The lowest BCUT2D eigenvalue weighted by Crippen LogP contribution is -2.45. The first-order valence-corrected chi connectivity index (χ1v) is 9.28. The molecule has 21 heavy (non-hydrogen) atoms. The molecule has 0 spiro atoms. The van der Waals surface area contributed by atoms with Gasteiger partial charge in [-0.2, -0.15) is 4.31 Å². The molecule has 0 amide bonds. The van der Waals surface area contributed by atoms with Gasteiger partial charge in [0.15, 0.2) is 0 Å². The van der Waals surface area contributed by atoms with Gasteiger partial charge in [-0.3, -0.25) is 4.98 Å². The number of sulfonamides is 1. The van der Waals surface area contributed by atoms with Crippen molar-refractivity contribution in [1.29, 1.82) is 0 Å². The fraction of sp³-hybridized carbons (Fsp3) is 0.667. The van der Waals surface area contributed by atoms with Crippen LogP contribution in [0.15, 0.2) is 24.5 Å². The van der Waals surface area contributed by atoms with E-state index in [9.17, 15) is 8.42 Å². The lowest BCUT2D eigenvalue weighted by molar-refractivity contribution is 0.247. The van der Waals surface area contributed by atoms with Gasteiger partial charge < -0.3 is 5.73 Å². The second-order valence-corrected chi connectivity index (χ2v) is 7.73. The molecule has 1 saturated carbocycles. The molecule has 0 radical (unpaired) electrons. The number of nitrogens with zero attached hydrogens (tertiary/aromatic N) is 2. The van der Waals surface area contributed by atoms with Gasteiger partial charge in [0, 0.05) is 31.0 Å². The Morgan fingerprint density at radius 1 is 1.24 bits per heavy atom. The van der Waals surface area contributed by atoms with E-state index in [2.05, 4.69) is 4.98 Å². The third kappa shape index (κ3) is 4.49. The summed E-state index contributed by atoms with van der Waals surface area (Å²) in [6.07, 6.45) is 7.52. The van der Waals surface area contributed by atoms with Gasteiger partial charge in [0.25, 0.3) is 0 Å². The minimum atomic E-state index is -3.22. The summed E-state index contributed by atoms with van der Waals surface area (Å²) in [5, 5.41) is 0. The summed E-state index contributed by atoms with van der Waals surface area (Å²) in [7, 11) is -3.22. The summed E-state index contributed by atoms with van der Waals surface area (Å²) in [5.41, 5.74) is 6.92. The molecule has 2 N–H and O–H groups in total. The van der Waals surface area contributed by atoms with Crippen LogP contribution in [0.1, 0.15) is 38.2 Å². The summed E-state index contributed by atoms with van der Waals surface area (Å²) < 4.78 is 26.9. The second-order valence-electron chi connectivity index (χ2n) is 5.69. The van der Waals surface area contributed by atoms with Crippen LogP contribution in [0.5, 0.6) is 0 Å². The van der Waals surface area contributed by atoms with E-state index in [-0.39, 0.29) is 17.8 Å². The lowest BCUT2D eigenvalue weighted by Gasteiger charge is -2.34. The predicted octanol–water partition coefficient (Wildman–Crippen LogP) is 1.55. The van der Waals surface area contributed by atoms with Crippen molar-refractivity contribution in [2.45, 2.75) is 51.1 Å². The summed E-state index contributed by atoms with van der Waals surface area (Å²) in [6.45, 7) is 2.46. The molecule has 6 heteroatoms. The highest BCUT2D eigenvalue weighted by atomic mass is 32.2. The molecule has 1 aromatic rings. The van der Waals surface area contributed by atoms with Crippen LogP contribution in [0.2, 0.25) is 0 Å². The summed E-state index contributed by atoms with van der Waals surface area (Å²) in [5.74, 6) is 0.160. The Bertz CT molecular complexity index is 525. The van der Waals surface area contributed by atoms with Crippen molar-refractivity contribution in [3.05, 3.63) is 30.1 Å². The Morgan fingerprint density at radius 2 is 1.86 bits per heavy atom. The first-order valence-electron chi connectivity index (χ1n) is 7.67. The van der Waals surface area contributed by atoms with Crippen molar-refractivity contribution in [3.63, 3.8) is 0 Å². The Balaban J connectivity index is 1.99. The standard InChI is InChI=1S/C15H25N3O2S/c1-2-18(15-5-3-14(16)4-6-15)21(19,20)12-9-13-7-10-17-11-8-13/h7-8,10-11,14-15H,2-6,9,12,16H2,1H3. The van der Waals surface area contributed by atoms with Crippen LogP contribution in [0.25, 0.3) is 0 Å². The van der Waals surface area contributed by atoms with Gasteiger partial charge in [-0.05, 0) is 49.8 Å². The molecule has 1 aliphatic rings. The van der Waals surface area contributed by atoms with Crippen molar-refractivity contribution in [2.24, 2.45) is 5.73 Å². The van der Waals surface area contributed by atoms with Crippen LogP contribution >= 0.6 is 0 Å². The van der Waals surface area contributed by atoms with Gasteiger partial charge in [0.1, 0.15) is 0 Å². The van der Waals surface area contributed by atoms with Gasteiger partial charge in [0.2, 0.25) is 10.0 Å². The average Bonchev–Trinajstić information content (AvgIpc) is 2.49. The Kier molecular flexibility index (Phi) is 5.72. The number of hydrogen-bond acceptors (Lipinski definition) is 4. The normalized spacial score (nSPS) is 23.4.